The molecule has 1 saturated heterocycles. The maximum absolute atomic E-state index is 5.57. The highest BCUT2D eigenvalue weighted by atomic mass is 16.5. The number of methoxy groups -OCH3 is 1. The van der Waals surface area contributed by atoms with Crippen LogP contribution in [-0.4, -0.2) is 26.2 Å². The van der Waals surface area contributed by atoms with Gasteiger partial charge in [-0.25, -0.2) is 0 Å². The molecule has 1 unspecified atom stereocenters. The Morgan fingerprint density at radius 2 is 2.06 bits per heavy atom. The smallest absolute Gasteiger partial charge is 0.145 e. The van der Waals surface area contributed by atoms with Gasteiger partial charge in [-0.2, -0.15) is 0 Å². The SMILES string of the molecule is COc1c(C)c(C)cc(C)c1NC1CCNC1. The number of nitrogens with one attached hydrogen (secondary N) is 2. The maximum atomic E-state index is 5.57. The van der Waals surface area contributed by atoms with Crippen molar-refractivity contribution in [2.75, 3.05) is 25.5 Å². The average Bonchev–Trinajstić information content (AvgIpc) is 2.79. The van der Waals surface area contributed by atoms with Gasteiger partial charge in [-0.3, -0.25) is 0 Å². The highest BCUT2D eigenvalue weighted by molar-refractivity contribution is 5.67. The zero-order valence-electron chi connectivity index (χ0n) is 11.2. The summed E-state index contributed by atoms with van der Waals surface area (Å²) in [7, 11) is 1.75. The minimum Gasteiger partial charge on any atom is -0.494 e. The average molecular weight is 234 g/mol. The summed E-state index contributed by atoms with van der Waals surface area (Å²) in [6.07, 6.45) is 1.18. The second kappa shape index (κ2) is 4.96. The third-order valence-electron chi connectivity index (χ3n) is 3.60. The van der Waals surface area contributed by atoms with E-state index >= 15 is 0 Å². The highest BCUT2D eigenvalue weighted by Crippen LogP contribution is 2.34. The van der Waals surface area contributed by atoms with Gasteiger partial charge in [0.05, 0.1) is 12.8 Å². The number of rotatable bonds is 3. The largest absolute Gasteiger partial charge is 0.494 e. The number of ether oxygens (including phenoxy) is 1. The molecule has 1 aromatic carbocycles. The van der Waals surface area contributed by atoms with E-state index in [1.54, 1.807) is 7.11 Å². The topological polar surface area (TPSA) is 33.3 Å². The molecule has 0 aromatic heterocycles. The normalized spacial score (nSPS) is 19.4. The molecule has 1 aliphatic rings. The Balaban J connectivity index is 2.33. The molecule has 17 heavy (non-hydrogen) atoms. The van der Waals surface area contributed by atoms with E-state index in [1.165, 1.54) is 23.1 Å². The summed E-state index contributed by atoms with van der Waals surface area (Å²) < 4.78 is 5.57. The number of hydrogen-bond acceptors (Lipinski definition) is 3. The van der Waals surface area contributed by atoms with Gasteiger partial charge in [0, 0.05) is 12.6 Å². The second-order valence-corrected chi connectivity index (χ2v) is 4.88. The highest BCUT2D eigenvalue weighted by Gasteiger charge is 2.18. The Morgan fingerprint density at radius 1 is 1.29 bits per heavy atom. The van der Waals surface area contributed by atoms with Crippen molar-refractivity contribution in [1.82, 2.24) is 5.32 Å². The van der Waals surface area contributed by atoms with Crippen LogP contribution in [0.3, 0.4) is 0 Å². The Morgan fingerprint density at radius 3 is 2.65 bits per heavy atom. The van der Waals surface area contributed by atoms with Gasteiger partial charge in [0.1, 0.15) is 5.75 Å². The van der Waals surface area contributed by atoms with E-state index in [9.17, 15) is 0 Å². The van der Waals surface area contributed by atoms with E-state index in [0.29, 0.717) is 6.04 Å². The molecule has 0 spiro atoms. The van der Waals surface area contributed by atoms with Gasteiger partial charge in [-0.05, 0) is 50.4 Å². The van der Waals surface area contributed by atoms with Crippen LogP contribution in [0.2, 0.25) is 0 Å². The predicted octanol–water partition coefficient (Wildman–Crippen LogP) is 2.39. The molecular formula is C14H22N2O. The summed E-state index contributed by atoms with van der Waals surface area (Å²) in [6.45, 7) is 8.52. The van der Waals surface area contributed by atoms with Gasteiger partial charge in [0.2, 0.25) is 0 Å². The Labute approximate surface area is 104 Å². The Kier molecular flexibility index (Phi) is 3.57. The summed E-state index contributed by atoms with van der Waals surface area (Å²) >= 11 is 0. The van der Waals surface area contributed by atoms with E-state index in [1.807, 2.05) is 0 Å². The molecule has 0 amide bonds. The van der Waals surface area contributed by atoms with Crippen LogP contribution < -0.4 is 15.4 Å². The first-order chi connectivity index (χ1) is 8.13. The summed E-state index contributed by atoms with van der Waals surface area (Å²) in [5.74, 6) is 0.995. The fourth-order valence-corrected chi connectivity index (χ4v) is 2.47. The molecule has 0 saturated carbocycles. The quantitative estimate of drug-likeness (QED) is 0.842. The van der Waals surface area contributed by atoms with Crippen LogP contribution in [0.25, 0.3) is 0 Å². The summed E-state index contributed by atoms with van der Waals surface area (Å²) in [5.41, 5.74) is 4.93. The lowest BCUT2D eigenvalue weighted by molar-refractivity contribution is 0.412. The van der Waals surface area contributed by atoms with Gasteiger partial charge in [-0.15, -0.1) is 0 Å². The predicted molar refractivity (Wildman–Crippen MR) is 72.1 cm³/mol. The molecule has 3 heteroatoms. The molecule has 0 bridgehead atoms. The van der Waals surface area contributed by atoms with Crippen molar-refractivity contribution in [2.45, 2.75) is 33.2 Å². The molecule has 1 atom stereocenters. The Bertz CT molecular complexity index is 409. The zero-order valence-corrected chi connectivity index (χ0v) is 11.2. The molecule has 2 rings (SSSR count). The fourth-order valence-electron chi connectivity index (χ4n) is 2.47. The molecular weight excluding hydrogens is 212 g/mol. The van der Waals surface area contributed by atoms with Crippen molar-refractivity contribution >= 4 is 5.69 Å². The summed E-state index contributed by atoms with van der Waals surface area (Å²) in [6, 6.07) is 2.74. The van der Waals surface area contributed by atoms with E-state index in [2.05, 4.69) is 37.5 Å². The molecule has 1 aliphatic heterocycles. The van der Waals surface area contributed by atoms with E-state index in [4.69, 9.17) is 4.74 Å². The summed E-state index contributed by atoms with van der Waals surface area (Å²) in [4.78, 5) is 0. The van der Waals surface area contributed by atoms with E-state index in [0.717, 1.165) is 24.5 Å². The first-order valence-electron chi connectivity index (χ1n) is 6.25. The molecule has 1 heterocycles. The Hall–Kier alpha value is -1.22. The van der Waals surface area contributed by atoms with Crippen LogP contribution >= 0.6 is 0 Å². The van der Waals surface area contributed by atoms with E-state index < -0.39 is 0 Å². The number of anilines is 1. The zero-order chi connectivity index (χ0) is 12.4. The van der Waals surface area contributed by atoms with Crippen LogP contribution in [0.5, 0.6) is 5.75 Å². The van der Waals surface area contributed by atoms with Crippen LogP contribution in [0.4, 0.5) is 5.69 Å². The lowest BCUT2D eigenvalue weighted by Gasteiger charge is -2.21. The molecule has 0 aliphatic carbocycles. The minimum absolute atomic E-state index is 0.518. The summed E-state index contributed by atoms with van der Waals surface area (Å²) in [5, 5.41) is 6.98. The third-order valence-corrected chi connectivity index (χ3v) is 3.60. The van der Waals surface area contributed by atoms with Crippen molar-refractivity contribution in [1.29, 1.82) is 0 Å². The minimum atomic E-state index is 0.518. The lowest BCUT2D eigenvalue weighted by atomic mass is 10.0. The standard InChI is InChI=1S/C14H22N2O/c1-9-7-10(2)13(14(17-4)11(9)3)16-12-5-6-15-8-12/h7,12,15-16H,5-6,8H2,1-4H3. The van der Waals surface area contributed by atoms with Gasteiger partial charge >= 0.3 is 0 Å². The molecule has 2 N–H and O–H groups in total. The number of benzene rings is 1. The maximum Gasteiger partial charge on any atom is 0.145 e. The van der Waals surface area contributed by atoms with Gasteiger partial charge in [0.25, 0.3) is 0 Å². The van der Waals surface area contributed by atoms with Gasteiger partial charge < -0.3 is 15.4 Å². The first-order valence-corrected chi connectivity index (χ1v) is 6.25. The monoisotopic (exact) mass is 234 g/mol. The third kappa shape index (κ3) is 2.39. The first kappa shape index (κ1) is 12.2. The number of hydrogen-bond donors (Lipinski definition) is 2. The molecule has 1 aromatic rings. The fraction of sp³-hybridized carbons (Fsp3) is 0.571. The van der Waals surface area contributed by atoms with Crippen molar-refractivity contribution in [2.24, 2.45) is 0 Å². The van der Waals surface area contributed by atoms with Crippen LogP contribution in [0.1, 0.15) is 23.1 Å². The van der Waals surface area contributed by atoms with E-state index in [-0.39, 0.29) is 0 Å². The molecule has 94 valence electrons. The van der Waals surface area contributed by atoms with Crippen molar-refractivity contribution < 1.29 is 4.74 Å². The van der Waals surface area contributed by atoms with Crippen LogP contribution in [-0.2, 0) is 0 Å². The van der Waals surface area contributed by atoms with Crippen molar-refractivity contribution in [3.05, 3.63) is 22.8 Å². The van der Waals surface area contributed by atoms with Crippen molar-refractivity contribution in [3.8, 4) is 5.75 Å². The number of aryl methyl sites for hydroxylation is 2. The van der Waals surface area contributed by atoms with Gasteiger partial charge in [0.15, 0.2) is 0 Å². The molecule has 3 nitrogen and oxygen atoms in total. The van der Waals surface area contributed by atoms with Crippen LogP contribution in [0.15, 0.2) is 6.07 Å². The molecule has 1 fully saturated rings. The van der Waals surface area contributed by atoms with Gasteiger partial charge in [-0.1, -0.05) is 6.07 Å². The lowest BCUT2D eigenvalue weighted by Crippen LogP contribution is -2.23. The molecule has 0 radical (unpaired) electrons. The second-order valence-electron chi connectivity index (χ2n) is 4.88. The van der Waals surface area contributed by atoms with Crippen molar-refractivity contribution in [3.63, 3.8) is 0 Å². The van der Waals surface area contributed by atoms with Crippen LogP contribution in [0, 0.1) is 20.8 Å².